The van der Waals surface area contributed by atoms with E-state index in [2.05, 4.69) is 5.32 Å². The fourth-order valence-electron chi connectivity index (χ4n) is 3.01. The van der Waals surface area contributed by atoms with E-state index in [1.165, 1.54) is 13.8 Å². The number of amides is 2. The van der Waals surface area contributed by atoms with Gasteiger partial charge in [0.2, 0.25) is 16.9 Å². The van der Waals surface area contributed by atoms with Crippen LogP contribution in [0.25, 0.3) is 0 Å². The fourth-order valence-corrected chi connectivity index (χ4v) is 4.73. The number of hydrogen-bond donors (Lipinski definition) is 4. The zero-order chi connectivity index (χ0) is 18.5. The van der Waals surface area contributed by atoms with Crippen LogP contribution in [0.5, 0.6) is 0 Å². The standard InChI is InChI=1S/C13H19N3O7S.Na/c1-11(2)13(10(21)22,16-8(18)5-12(16,23)24-11)15-7(17)4-3-6(14)9(19)20;/h6,23H,3-5,14H2,1-2H3,(H,15,17)(H,19,20)(H,21,22);/q;+1/p-1/t6?,12?,13-;/m0./s1. The van der Waals surface area contributed by atoms with Crippen LogP contribution in [0.1, 0.15) is 33.1 Å². The fraction of sp³-hybridized carbons (Fsp3) is 0.692. The van der Waals surface area contributed by atoms with Crippen LogP contribution < -0.4 is 45.7 Å². The Hall–Kier alpha value is -0.850. The first-order chi connectivity index (χ1) is 10.9. The number of thioether (sulfide) groups is 1. The molecule has 25 heavy (non-hydrogen) atoms. The number of carboxylic acid groups (broad SMARTS) is 2. The molecule has 2 unspecified atom stereocenters. The van der Waals surface area contributed by atoms with Crippen LogP contribution in [0.2, 0.25) is 0 Å². The smallest absolute Gasteiger partial charge is 0.545 e. The van der Waals surface area contributed by atoms with Gasteiger partial charge in [0.25, 0.3) is 0 Å². The maximum absolute atomic E-state index is 12.1. The Balaban J connectivity index is 0.00000312. The molecule has 12 heteroatoms. The van der Waals surface area contributed by atoms with Crippen molar-refractivity contribution in [3.63, 3.8) is 0 Å². The number of nitrogens with zero attached hydrogens (tertiary/aromatic N) is 1. The number of nitrogens with two attached hydrogens (primary N) is 1. The van der Waals surface area contributed by atoms with Gasteiger partial charge >= 0.3 is 35.5 Å². The van der Waals surface area contributed by atoms with E-state index in [4.69, 9.17) is 10.8 Å². The van der Waals surface area contributed by atoms with Crippen molar-refractivity contribution < 1.29 is 64.1 Å². The summed E-state index contributed by atoms with van der Waals surface area (Å²) in [5, 5.41) is 31.4. The summed E-state index contributed by atoms with van der Waals surface area (Å²) in [4.78, 5) is 47.2. The number of nitrogens with one attached hydrogen (secondary N) is 1. The van der Waals surface area contributed by atoms with Crippen LogP contribution in [0.3, 0.4) is 0 Å². The zero-order valence-corrected chi connectivity index (χ0v) is 16.9. The summed E-state index contributed by atoms with van der Waals surface area (Å²) < 4.78 is -1.28. The molecule has 0 aromatic carbocycles. The number of carbonyl (C=O) groups is 4. The summed E-state index contributed by atoms with van der Waals surface area (Å²) in [6.45, 7) is 2.92. The molecule has 0 aromatic heterocycles. The number of β-lactam (4-membered cyclic amide) rings is 1. The van der Waals surface area contributed by atoms with Gasteiger partial charge in [-0.2, -0.15) is 0 Å². The number of fused-ring (bicyclic) bond motifs is 1. The summed E-state index contributed by atoms with van der Waals surface area (Å²) in [6.07, 6.45) is -0.838. The third-order valence-corrected chi connectivity index (χ3v) is 5.68. The van der Waals surface area contributed by atoms with E-state index >= 15 is 0 Å². The predicted molar refractivity (Wildman–Crippen MR) is 78.8 cm³/mol. The second-order valence-electron chi connectivity index (χ2n) is 6.29. The molecule has 10 nitrogen and oxygen atoms in total. The van der Waals surface area contributed by atoms with Crippen molar-refractivity contribution in [2.24, 2.45) is 5.73 Å². The van der Waals surface area contributed by atoms with Crippen molar-refractivity contribution in [3.8, 4) is 0 Å². The number of aliphatic carboxylic acids is 2. The van der Waals surface area contributed by atoms with E-state index in [1.54, 1.807) is 0 Å². The van der Waals surface area contributed by atoms with E-state index in [1.807, 2.05) is 0 Å². The minimum Gasteiger partial charge on any atom is -0.545 e. The second kappa shape index (κ2) is 7.05. The Morgan fingerprint density at radius 1 is 1.44 bits per heavy atom. The molecule has 2 fully saturated rings. The molecule has 0 radical (unpaired) electrons. The van der Waals surface area contributed by atoms with Crippen LogP contribution in [-0.4, -0.2) is 60.4 Å². The Bertz CT molecular complexity index is 631. The van der Waals surface area contributed by atoms with Gasteiger partial charge in [0.05, 0.1) is 17.1 Å². The van der Waals surface area contributed by atoms with Crippen molar-refractivity contribution in [1.29, 1.82) is 0 Å². The summed E-state index contributed by atoms with van der Waals surface area (Å²) in [7, 11) is 0. The largest absolute Gasteiger partial charge is 1.00 e. The van der Waals surface area contributed by atoms with Gasteiger partial charge in [-0.3, -0.25) is 19.3 Å². The first-order valence-corrected chi connectivity index (χ1v) is 7.95. The van der Waals surface area contributed by atoms with Crippen molar-refractivity contribution in [1.82, 2.24) is 10.2 Å². The number of carboxylic acids is 2. The van der Waals surface area contributed by atoms with Gasteiger partial charge in [-0.1, -0.05) is 11.8 Å². The molecule has 2 heterocycles. The van der Waals surface area contributed by atoms with Crippen LogP contribution in [-0.2, 0) is 19.2 Å². The SMILES string of the molecule is CC1(C)SC2(O)CC(=O)N2[C@@]1(NC(=O)CCC(N)C(=O)O)C(=O)[O-].[Na+]. The average molecular weight is 383 g/mol. The number of aliphatic hydroxyl groups is 1. The van der Waals surface area contributed by atoms with E-state index in [0.29, 0.717) is 4.90 Å². The first-order valence-electron chi connectivity index (χ1n) is 7.14. The molecule has 0 aliphatic carbocycles. The number of rotatable bonds is 6. The van der Waals surface area contributed by atoms with Gasteiger partial charge in [0.1, 0.15) is 6.04 Å². The molecular weight excluding hydrogens is 365 g/mol. The van der Waals surface area contributed by atoms with Crippen molar-refractivity contribution in [2.45, 2.75) is 54.6 Å². The number of hydrogen-bond acceptors (Lipinski definition) is 8. The Labute approximate surface area is 169 Å². The van der Waals surface area contributed by atoms with E-state index < -0.39 is 45.3 Å². The van der Waals surface area contributed by atoms with Gasteiger partial charge in [-0.25, -0.2) is 0 Å². The molecule has 5 N–H and O–H groups in total. The van der Waals surface area contributed by atoms with Gasteiger partial charge in [-0.15, -0.1) is 0 Å². The third-order valence-electron chi connectivity index (χ3n) is 4.22. The van der Waals surface area contributed by atoms with Crippen LogP contribution >= 0.6 is 11.8 Å². The maximum Gasteiger partial charge on any atom is 1.00 e. The molecule has 0 saturated carbocycles. The van der Waals surface area contributed by atoms with Crippen molar-refractivity contribution in [3.05, 3.63) is 0 Å². The minimum absolute atomic E-state index is 0. The molecule has 134 valence electrons. The predicted octanol–water partition coefficient (Wildman–Crippen LogP) is -5.85. The van der Waals surface area contributed by atoms with Crippen LogP contribution in [0, 0.1) is 0 Å². The molecule has 2 saturated heterocycles. The van der Waals surface area contributed by atoms with Gasteiger partial charge in [-0.05, 0) is 20.3 Å². The molecule has 2 aliphatic rings. The van der Waals surface area contributed by atoms with E-state index in [9.17, 15) is 29.4 Å². The van der Waals surface area contributed by atoms with E-state index in [-0.39, 0.29) is 48.8 Å². The third kappa shape index (κ3) is 3.40. The molecule has 2 rings (SSSR count). The quantitative estimate of drug-likeness (QED) is 0.257. The molecule has 0 bridgehead atoms. The number of carbonyl (C=O) groups excluding carboxylic acids is 3. The van der Waals surface area contributed by atoms with Gasteiger partial charge < -0.3 is 31.2 Å². The molecule has 3 atom stereocenters. The van der Waals surface area contributed by atoms with Gasteiger partial charge in [0, 0.05) is 6.42 Å². The molecule has 0 aromatic rings. The zero-order valence-electron chi connectivity index (χ0n) is 14.1. The molecule has 2 aliphatic heterocycles. The second-order valence-corrected chi connectivity index (χ2v) is 8.17. The van der Waals surface area contributed by atoms with E-state index in [0.717, 1.165) is 11.8 Å². The average Bonchev–Trinajstić information content (AvgIpc) is 2.55. The summed E-state index contributed by atoms with van der Waals surface area (Å²) in [5.74, 6) is -4.47. The van der Waals surface area contributed by atoms with Crippen LogP contribution in [0.4, 0.5) is 0 Å². The minimum atomic E-state index is -2.24. The summed E-state index contributed by atoms with van der Waals surface area (Å²) in [5.41, 5.74) is 3.06. The maximum atomic E-state index is 12.1. The van der Waals surface area contributed by atoms with Crippen molar-refractivity contribution in [2.75, 3.05) is 0 Å². The summed E-state index contributed by atoms with van der Waals surface area (Å²) in [6, 6.07) is -1.27. The summed E-state index contributed by atoms with van der Waals surface area (Å²) >= 11 is 0.836. The van der Waals surface area contributed by atoms with Gasteiger partial charge in [0.15, 0.2) is 5.66 Å². The molecule has 2 amide bonds. The first kappa shape index (κ1) is 22.2. The Kier molecular flexibility index (Phi) is 6.25. The topological polar surface area (TPSA) is 173 Å². The van der Waals surface area contributed by atoms with Crippen molar-refractivity contribution >= 4 is 35.5 Å². The van der Waals surface area contributed by atoms with Crippen LogP contribution in [0.15, 0.2) is 0 Å². The Morgan fingerprint density at radius 3 is 2.44 bits per heavy atom. The molecule has 0 spiro atoms. The Morgan fingerprint density at radius 2 is 2.00 bits per heavy atom. The normalized spacial score (nSPS) is 30.6. The molecular formula is C13H18N3NaO7S. The monoisotopic (exact) mass is 383 g/mol.